The van der Waals surface area contributed by atoms with Crippen molar-refractivity contribution in [3.05, 3.63) is 96.1 Å². The molecular weight excluding hydrogens is 436 g/mol. The van der Waals surface area contributed by atoms with Gasteiger partial charge < -0.3 is 10.6 Å². The van der Waals surface area contributed by atoms with E-state index in [1.165, 1.54) is 86.1 Å². The Morgan fingerprint density at radius 3 is 1.25 bits per heavy atom. The van der Waals surface area contributed by atoms with Crippen molar-refractivity contribution >= 4 is 33.5 Å². The number of fused-ring (bicyclic) bond motifs is 1. The molecule has 2 heteroatoms. The molecule has 0 saturated carbocycles. The average molecular weight is 479 g/mol. The van der Waals surface area contributed by atoms with E-state index < -0.39 is 0 Å². The normalized spacial score (nSPS) is 11.1. The van der Waals surface area contributed by atoms with Crippen LogP contribution in [0.2, 0.25) is 0 Å². The molecule has 2 nitrogen and oxygen atoms in total. The lowest BCUT2D eigenvalue weighted by Crippen LogP contribution is -1.95. The van der Waals surface area contributed by atoms with Crippen LogP contribution in [0.5, 0.6) is 0 Å². The number of anilines is 4. The molecule has 0 heterocycles. The largest absolute Gasteiger partial charge is 0.355 e. The van der Waals surface area contributed by atoms with Crippen LogP contribution >= 0.6 is 0 Å². The second kappa shape index (κ2) is 13.7. The molecule has 4 aromatic rings. The van der Waals surface area contributed by atoms with Crippen molar-refractivity contribution in [1.29, 1.82) is 0 Å². The Labute approximate surface area is 218 Å². The fourth-order valence-corrected chi connectivity index (χ4v) is 4.86. The molecule has 0 aromatic heterocycles. The first-order chi connectivity index (χ1) is 17.8. The minimum Gasteiger partial charge on any atom is -0.355 e. The maximum Gasteiger partial charge on any atom is 0.0464 e. The third kappa shape index (κ3) is 7.37. The Balaban J connectivity index is 1.42. The van der Waals surface area contributed by atoms with E-state index in [9.17, 15) is 0 Å². The molecule has 0 aliphatic heterocycles. The van der Waals surface area contributed by atoms with Crippen molar-refractivity contribution in [3.8, 4) is 0 Å². The summed E-state index contributed by atoms with van der Waals surface area (Å²) in [5, 5.41) is 9.74. The van der Waals surface area contributed by atoms with Gasteiger partial charge in [-0.15, -0.1) is 0 Å². The lowest BCUT2D eigenvalue weighted by atomic mass is 10.0. The topological polar surface area (TPSA) is 24.1 Å². The highest BCUT2D eigenvalue weighted by Crippen LogP contribution is 2.33. The highest BCUT2D eigenvalue weighted by molar-refractivity contribution is 6.03. The van der Waals surface area contributed by atoms with Crippen LogP contribution in [0.25, 0.3) is 10.8 Å². The van der Waals surface area contributed by atoms with Crippen LogP contribution in [0, 0.1) is 0 Å². The summed E-state index contributed by atoms with van der Waals surface area (Å²) in [6.45, 7) is 4.53. The van der Waals surface area contributed by atoms with E-state index in [1.807, 2.05) is 0 Å². The lowest BCUT2D eigenvalue weighted by molar-refractivity contribution is 0.667. The van der Waals surface area contributed by atoms with Crippen LogP contribution in [0.1, 0.15) is 76.3 Å². The van der Waals surface area contributed by atoms with E-state index in [0.29, 0.717) is 0 Å². The molecule has 4 rings (SSSR count). The number of unbranched alkanes of at least 4 members (excludes halogenated alkanes) is 6. The fraction of sp³-hybridized carbons (Fsp3) is 0.353. The summed E-state index contributed by atoms with van der Waals surface area (Å²) in [4.78, 5) is 0. The molecule has 0 amide bonds. The molecule has 0 aliphatic rings. The maximum absolute atomic E-state index is 3.65. The highest BCUT2D eigenvalue weighted by Gasteiger charge is 2.07. The summed E-state index contributed by atoms with van der Waals surface area (Å²) in [5.41, 5.74) is 7.38. The minimum atomic E-state index is 1.13. The van der Waals surface area contributed by atoms with E-state index in [2.05, 4.69) is 109 Å². The molecule has 2 N–H and O–H groups in total. The number of nitrogens with one attached hydrogen (secondary N) is 2. The van der Waals surface area contributed by atoms with E-state index in [-0.39, 0.29) is 0 Å². The van der Waals surface area contributed by atoms with Gasteiger partial charge in [0.15, 0.2) is 0 Å². The molecule has 0 fully saturated rings. The predicted molar refractivity (Wildman–Crippen MR) is 159 cm³/mol. The number of rotatable bonds is 14. The molecule has 0 radical (unpaired) electrons. The van der Waals surface area contributed by atoms with Gasteiger partial charge in [-0.1, -0.05) is 101 Å². The Hall–Kier alpha value is -3.26. The summed E-state index contributed by atoms with van der Waals surface area (Å²) in [6, 6.07) is 30.9. The van der Waals surface area contributed by atoms with Crippen LogP contribution in [0.4, 0.5) is 22.7 Å². The summed E-state index contributed by atoms with van der Waals surface area (Å²) in [7, 11) is 0. The molecule has 0 spiro atoms. The Morgan fingerprint density at radius 2 is 0.861 bits per heavy atom. The Kier molecular flexibility index (Phi) is 9.85. The number of hydrogen-bond donors (Lipinski definition) is 2. The quantitative estimate of drug-likeness (QED) is 0.176. The van der Waals surface area contributed by atoms with Gasteiger partial charge in [-0.3, -0.25) is 0 Å². The third-order valence-corrected chi connectivity index (χ3v) is 7.03. The van der Waals surface area contributed by atoms with Gasteiger partial charge in [0, 0.05) is 33.5 Å². The standard InChI is InChI=1S/C34H42N2/c1-3-5-7-9-13-27-19-23-29(24-20-27)35-33-17-11-16-32-31(33)15-12-18-34(32)36-30-25-21-28(22-26-30)14-10-8-6-4-2/h11-12,15-26,35-36H,3-10,13-14H2,1-2H3. The van der Waals surface area contributed by atoms with E-state index in [1.54, 1.807) is 0 Å². The maximum atomic E-state index is 3.65. The highest BCUT2D eigenvalue weighted by atomic mass is 14.9. The van der Waals surface area contributed by atoms with Gasteiger partial charge >= 0.3 is 0 Å². The Bertz CT molecular complexity index is 1100. The van der Waals surface area contributed by atoms with Gasteiger partial charge in [0.1, 0.15) is 0 Å². The zero-order chi connectivity index (χ0) is 25.0. The third-order valence-electron chi connectivity index (χ3n) is 7.03. The molecular formula is C34H42N2. The van der Waals surface area contributed by atoms with Crippen LogP contribution < -0.4 is 10.6 Å². The number of benzene rings is 4. The van der Waals surface area contributed by atoms with Crippen LogP contribution in [-0.4, -0.2) is 0 Å². The molecule has 36 heavy (non-hydrogen) atoms. The summed E-state index contributed by atoms with van der Waals surface area (Å²) in [6.07, 6.45) is 12.8. The molecule has 0 aliphatic carbocycles. The predicted octanol–water partition coefficient (Wildman–Crippen LogP) is 10.6. The molecule has 4 aromatic carbocycles. The van der Waals surface area contributed by atoms with Crippen molar-refractivity contribution in [2.45, 2.75) is 78.1 Å². The van der Waals surface area contributed by atoms with Gasteiger partial charge in [0.05, 0.1) is 0 Å². The zero-order valence-corrected chi connectivity index (χ0v) is 22.2. The van der Waals surface area contributed by atoms with Crippen molar-refractivity contribution < 1.29 is 0 Å². The van der Waals surface area contributed by atoms with Crippen molar-refractivity contribution in [2.75, 3.05) is 10.6 Å². The number of aryl methyl sites for hydroxylation is 2. The average Bonchev–Trinajstić information content (AvgIpc) is 2.91. The first-order valence-corrected chi connectivity index (χ1v) is 14.0. The minimum absolute atomic E-state index is 1.13. The molecule has 0 atom stereocenters. The van der Waals surface area contributed by atoms with E-state index >= 15 is 0 Å². The van der Waals surface area contributed by atoms with Gasteiger partial charge in [-0.05, 0) is 73.2 Å². The summed E-state index contributed by atoms with van der Waals surface area (Å²) < 4.78 is 0. The van der Waals surface area contributed by atoms with Gasteiger partial charge in [-0.25, -0.2) is 0 Å². The van der Waals surface area contributed by atoms with Crippen molar-refractivity contribution in [3.63, 3.8) is 0 Å². The summed E-state index contributed by atoms with van der Waals surface area (Å²) in [5.74, 6) is 0. The molecule has 0 bridgehead atoms. The first kappa shape index (κ1) is 25.8. The second-order valence-corrected chi connectivity index (χ2v) is 9.97. The zero-order valence-electron chi connectivity index (χ0n) is 22.2. The van der Waals surface area contributed by atoms with Crippen molar-refractivity contribution in [2.24, 2.45) is 0 Å². The van der Waals surface area contributed by atoms with E-state index in [4.69, 9.17) is 0 Å². The van der Waals surface area contributed by atoms with Gasteiger partial charge in [0.25, 0.3) is 0 Å². The number of hydrogen-bond acceptors (Lipinski definition) is 2. The van der Waals surface area contributed by atoms with Crippen LogP contribution in [-0.2, 0) is 12.8 Å². The lowest BCUT2D eigenvalue weighted by Gasteiger charge is -2.14. The van der Waals surface area contributed by atoms with Crippen LogP contribution in [0.15, 0.2) is 84.9 Å². The fourth-order valence-electron chi connectivity index (χ4n) is 4.86. The molecule has 188 valence electrons. The summed E-state index contributed by atoms with van der Waals surface area (Å²) >= 11 is 0. The first-order valence-electron chi connectivity index (χ1n) is 14.0. The van der Waals surface area contributed by atoms with E-state index in [0.717, 1.165) is 22.7 Å². The second-order valence-electron chi connectivity index (χ2n) is 9.97. The molecule has 0 saturated heterocycles. The van der Waals surface area contributed by atoms with Gasteiger partial charge in [0.2, 0.25) is 0 Å². The monoisotopic (exact) mass is 478 g/mol. The Morgan fingerprint density at radius 1 is 0.444 bits per heavy atom. The van der Waals surface area contributed by atoms with Crippen molar-refractivity contribution in [1.82, 2.24) is 0 Å². The van der Waals surface area contributed by atoms with Crippen LogP contribution in [0.3, 0.4) is 0 Å². The SMILES string of the molecule is CCCCCCc1ccc(Nc2cccc3c(Nc4ccc(CCCCCC)cc4)cccc23)cc1. The smallest absolute Gasteiger partial charge is 0.0464 e. The molecule has 0 unspecified atom stereocenters. The van der Waals surface area contributed by atoms with Gasteiger partial charge in [-0.2, -0.15) is 0 Å².